The van der Waals surface area contributed by atoms with Crippen LogP contribution in [-0.2, 0) is 4.79 Å². The van der Waals surface area contributed by atoms with E-state index >= 15 is 0 Å². The van der Waals surface area contributed by atoms with Crippen LogP contribution in [0.25, 0.3) is 0 Å². The molecule has 0 bridgehead atoms. The van der Waals surface area contributed by atoms with E-state index in [1.54, 1.807) is 0 Å². The molecule has 5 nitrogen and oxygen atoms in total. The van der Waals surface area contributed by atoms with E-state index in [0.29, 0.717) is 18.9 Å². The Labute approximate surface area is 109 Å². The summed E-state index contributed by atoms with van der Waals surface area (Å²) in [5, 5.41) is 14.3. The number of amides is 2. The SMILES string of the molecule is CCCC(CNC(=O)NCC(CC)CC)C(=O)O. The summed E-state index contributed by atoms with van der Waals surface area (Å²) in [7, 11) is 0. The molecule has 2 amide bonds. The van der Waals surface area contributed by atoms with Crippen molar-refractivity contribution in [2.45, 2.75) is 46.5 Å². The molecule has 0 saturated carbocycles. The van der Waals surface area contributed by atoms with Crippen molar-refractivity contribution in [1.82, 2.24) is 10.6 Å². The zero-order valence-electron chi connectivity index (χ0n) is 11.7. The second kappa shape index (κ2) is 9.74. The summed E-state index contributed by atoms with van der Waals surface area (Å²) in [6.07, 6.45) is 3.45. The molecule has 0 saturated heterocycles. The smallest absolute Gasteiger partial charge is 0.314 e. The van der Waals surface area contributed by atoms with Crippen LogP contribution < -0.4 is 10.6 Å². The molecule has 3 N–H and O–H groups in total. The minimum absolute atomic E-state index is 0.192. The van der Waals surface area contributed by atoms with E-state index < -0.39 is 11.9 Å². The third-order valence-corrected chi connectivity index (χ3v) is 3.20. The molecule has 0 rings (SSSR count). The van der Waals surface area contributed by atoms with Crippen molar-refractivity contribution in [2.75, 3.05) is 13.1 Å². The first kappa shape index (κ1) is 16.7. The lowest BCUT2D eigenvalue weighted by Crippen LogP contribution is -2.41. The van der Waals surface area contributed by atoms with Crippen LogP contribution in [0, 0.1) is 11.8 Å². The highest BCUT2D eigenvalue weighted by atomic mass is 16.4. The van der Waals surface area contributed by atoms with Gasteiger partial charge in [-0.25, -0.2) is 4.79 Å². The maximum absolute atomic E-state index is 11.5. The standard InChI is InChI=1S/C13H26N2O3/c1-4-7-11(12(16)17)9-15-13(18)14-8-10(5-2)6-3/h10-11H,4-9H2,1-3H3,(H,16,17)(H2,14,15,18). The van der Waals surface area contributed by atoms with Crippen LogP contribution in [0.2, 0.25) is 0 Å². The number of carbonyl (C=O) groups is 2. The summed E-state index contributed by atoms with van der Waals surface area (Å²) in [5.41, 5.74) is 0. The molecule has 1 unspecified atom stereocenters. The number of nitrogens with one attached hydrogen (secondary N) is 2. The number of urea groups is 1. The highest BCUT2D eigenvalue weighted by molar-refractivity contribution is 5.75. The Morgan fingerprint density at radius 3 is 2.06 bits per heavy atom. The lowest BCUT2D eigenvalue weighted by atomic mass is 10.0. The molecule has 0 aromatic carbocycles. The summed E-state index contributed by atoms with van der Waals surface area (Å²) in [4.78, 5) is 22.4. The zero-order chi connectivity index (χ0) is 14.0. The molecule has 0 aliphatic carbocycles. The van der Waals surface area contributed by atoms with Crippen molar-refractivity contribution in [2.24, 2.45) is 11.8 Å². The molecular formula is C13H26N2O3. The van der Waals surface area contributed by atoms with Crippen LogP contribution >= 0.6 is 0 Å². The summed E-state index contributed by atoms with van der Waals surface area (Å²) in [6.45, 7) is 6.95. The number of hydrogen-bond donors (Lipinski definition) is 3. The minimum atomic E-state index is -0.850. The van der Waals surface area contributed by atoms with Gasteiger partial charge in [0, 0.05) is 13.1 Å². The fourth-order valence-corrected chi connectivity index (χ4v) is 1.75. The second-order valence-corrected chi connectivity index (χ2v) is 4.60. The van der Waals surface area contributed by atoms with Gasteiger partial charge in [0.05, 0.1) is 5.92 Å². The molecule has 0 heterocycles. The van der Waals surface area contributed by atoms with Crippen molar-refractivity contribution in [3.05, 3.63) is 0 Å². The van der Waals surface area contributed by atoms with Crippen LogP contribution in [0.4, 0.5) is 4.79 Å². The molecular weight excluding hydrogens is 232 g/mol. The van der Waals surface area contributed by atoms with E-state index in [1.807, 2.05) is 6.92 Å². The first-order chi connectivity index (χ1) is 8.54. The number of carbonyl (C=O) groups excluding carboxylic acids is 1. The van der Waals surface area contributed by atoms with Crippen molar-refractivity contribution in [3.63, 3.8) is 0 Å². The van der Waals surface area contributed by atoms with Crippen LogP contribution in [0.15, 0.2) is 0 Å². The van der Waals surface area contributed by atoms with Crippen molar-refractivity contribution < 1.29 is 14.7 Å². The largest absolute Gasteiger partial charge is 0.481 e. The number of carboxylic acids is 1. The molecule has 0 aromatic heterocycles. The summed E-state index contributed by atoms with van der Waals surface area (Å²) >= 11 is 0. The lowest BCUT2D eigenvalue weighted by molar-refractivity contribution is -0.141. The molecule has 5 heteroatoms. The van der Waals surface area contributed by atoms with Gasteiger partial charge < -0.3 is 15.7 Å². The van der Waals surface area contributed by atoms with E-state index in [0.717, 1.165) is 19.3 Å². The van der Waals surface area contributed by atoms with Gasteiger partial charge in [0.2, 0.25) is 0 Å². The highest BCUT2D eigenvalue weighted by Gasteiger charge is 2.17. The van der Waals surface area contributed by atoms with Gasteiger partial charge in [-0.3, -0.25) is 4.79 Å². The quantitative estimate of drug-likeness (QED) is 0.593. The first-order valence-corrected chi connectivity index (χ1v) is 6.79. The van der Waals surface area contributed by atoms with Gasteiger partial charge in [0.25, 0.3) is 0 Å². The summed E-state index contributed by atoms with van der Waals surface area (Å²) in [5.74, 6) is -0.854. The maximum atomic E-state index is 11.5. The second-order valence-electron chi connectivity index (χ2n) is 4.60. The average Bonchev–Trinajstić information content (AvgIpc) is 2.35. The molecule has 0 aliphatic heterocycles. The molecule has 0 aliphatic rings. The minimum Gasteiger partial charge on any atom is -0.481 e. The van der Waals surface area contributed by atoms with E-state index in [9.17, 15) is 9.59 Å². The molecule has 106 valence electrons. The molecule has 0 aromatic rings. The topological polar surface area (TPSA) is 78.4 Å². The number of carboxylic acid groups (broad SMARTS) is 1. The third-order valence-electron chi connectivity index (χ3n) is 3.20. The van der Waals surface area contributed by atoms with E-state index in [2.05, 4.69) is 24.5 Å². The van der Waals surface area contributed by atoms with Gasteiger partial charge in [-0.1, -0.05) is 40.0 Å². The van der Waals surface area contributed by atoms with E-state index in [1.165, 1.54) is 0 Å². The maximum Gasteiger partial charge on any atom is 0.314 e. The number of aliphatic carboxylic acids is 1. The Morgan fingerprint density at radius 2 is 1.61 bits per heavy atom. The summed E-state index contributed by atoms with van der Waals surface area (Å²) in [6, 6.07) is -0.274. The van der Waals surface area contributed by atoms with Gasteiger partial charge in [0.15, 0.2) is 0 Å². The monoisotopic (exact) mass is 258 g/mol. The molecule has 18 heavy (non-hydrogen) atoms. The Balaban J connectivity index is 3.90. The molecule has 0 radical (unpaired) electrons. The predicted octanol–water partition coefficient (Wildman–Crippen LogP) is 2.22. The predicted molar refractivity (Wildman–Crippen MR) is 71.5 cm³/mol. The molecule has 0 fully saturated rings. The normalized spacial score (nSPS) is 12.2. The Kier molecular flexibility index (Phi) is 9.06. The lowest BCUT2D eigenvalue weighted by Gasteiger charge is -2.15. The molecule has 0 spiro atoms. The van der Waals surface area contributed by atoms with E-state index in [-0.39, 0.29) is 12.6 Å². The fourth-order valence-electron chi connectivity index (χ4n) is 1.75. The van der Waals surface area contributed by atoms with Crippen LogP contribution in [0.5, 0.6) is 0 Å². The number of hydrogen-bond acceptors (Lipinski definition) is 2. The van der Waals surface area contributed by atoms with Crippen molar-refractivity contribution >= 4 is 12.0 Å². The third kappa shape index (κ3) is 7.14. The van der Waals surface area contributed by atoms with Gasteiger partial charge in [-0.15, -0.1) is 0 Å². The van der Waals surface area contributed by atoms with Crippen LogP contribution in [0.3, 0.4) is 0 Å². The molecule has 1 atom stereocenters. The van der Waals surface area contributed by atoms with Crippen molar-refractivity contribution in [1.29, 1.82) is 0 Å². The van der Waals surface area contributed by atoms with Crippen molar-refractivity contribution in [3.8, 4) is 0 Å². The Bertz CT molecular complexity index is 253. The van der Waals surface area contributed by atoms with Gasteiger partial charge in [0.1, 0.15) is 0 Å². The van der Waals surface area contributed by atoms with Gasteiger partial charge in [-0.05, 0) is 12.3 Å². The van der Waals surface area contributed by atoms with Gasteiger partial charge in [-0.2, -0.15) is 0 Å². The zero-order valence-corrected chi connectivity index (χ0v) is 11.7. The van der Waals surface area contributed by atoms with Gasteiger partial charge >= 0.3 is 12.0 Å². The highest BCUT2D eigenvalue weighted by Crippen LogP contribution is 2.06. The van der Waals surface area contributed by atoms with Crippen LogP contribution in [-0.4, -0.2) is 30.2 Å². The summed E-state index contributed by atoms with van der Waals surface area (Å²) < 4.78 is 0. The van der Waals surface area contributed by atoms with Crippen LogP contribution in [0.1, 0.15) is 46.5 Å². The fraction of sp³-hybridized carbons (Fsp3) is 0.846. The Hall–Kier alpha value is -1.26. The Morgan fingerprint density at radius 1 is 1.06 bits per heavy atom. The average molecular weight is 258 g/mol. The van der Waals surface area contributed by atoms with E-state index in [4.69, 9.17) is 5.11 Å². The first-order valence-electron chi connectivity index (χ1n) is 6.79. The number of rotatable bonds is 9.